The molecule has 0 aliphatic carbocycles. The van der Waals surface area contributed by atoms with Crippen molar-refractivity contribution in [2.24, 2.45) is 0 Å². The lowest BCUT2D eigenvalue weighted by Gasteiger charge is -2.24. The number of anilines is 1. The minimum Gasteiger partial charge on any atom is -0.493 e. The van der Waals surface area contributed by atoms with Crippen molar-refractivity contribution in [3.05, 3.63) is 70.7 Å². The summed E-state index contributed by atoms with van der Waals surface area (Å²) in [5.41, 5.74) is 1.25. The highest BCUT2D eigenvalue weighted by atomic mass is 32.1. The van der Waals surface area contributed by atoms with Gasteiger partial charge in [-0.15, -0.1) is 11.3 Å². The quantitative estimate of drug-likeness (QED) is 0.322. The minimum absolute atomic E-state index is 0.0333. The van der Waals surface area contributed by atoms with Crippen LogP contribution in [0.1, 0.15) is 27.7 Å². The summed E-state index contributed by atoms with van der Waals surface area (Å²) in [4.78, 5) is 56.7. The lowest BCUT2D eigenvalue weighted by molar-refractivity contribution is -0.134. The fourth-order valence-corrected chi connectivity index (χ4v) is 4.59. The van der Waals surface area contributed by atoms with Gasteiger partial charge in [0, 0.05) is 11.8 Å². The number of thiazole rings is 1. The van der Waals surface area contributed by atoms with Crippen LogP contribution in [0.4, 0.5) is 9.93 Å². The number of methoxy groups -OCH3 is 3. The van der Waals surface area contributed by atoms with E-state index in [-0.39, 0.29) is 17.2 Å². The van der Waals surface area contributed by atoms with Crippen LogP contribution < -0.4 is 20.1 Å². The van der Waals surface area contributed by atoms with Gasteiger partial charge in [0.1, 0.15) is 12.1 Å². The van der Waals surface area contributed by atoms with Crippen LogP contribution in [0.2, 0.25) is 0 Å². The van der Waals surface area contributed by atoms with Crippen LogP contribution in [0.25, 0.3) is 0 Å². The third-order valence-electron chi connectivity index (χ3n) is 5.73. The number of hydrogen-bond acceptors (Lipinski definition) is 9. The lowest BCUT2D eigenvalue weighted by Crippen LogP contribution is -2.49. The zero-order valence-corrected chi connectivity index (χ0v) is 21.0. The molecule has 2 heterocycles. The Bertz CT molecular complexity index is 1330. The summed E-state index contributed by atoms with van der Waals surface area (Å²) in [6.45, 7) is 0. The van der Waals surface area contributed by atoms with E-state index in [1.165, 1.54) is 26.7 Å². The van der Waals surface area contributed by atoms with Crippen molar-refractivity contribution in [3.8, 4) is 11.5 Å². The van der Waals surface area contributed by atoms with Crippen molar-refractivity contribution < 1.29 is 33.4 Å². The molecule has 0 radical (unpaired) electrons. The van der Waals surface area contributed by atoms with E-state index < -0.39 is 35.9 Å². The molecule has 1 fully saturated rings. The minimum atomic E-state index is -1.19. The number of amides is 4. The molecule has 37 heavy (non-hydrogen) atoms. The molecule has 2 unspecified atom stereocenters. The summed E-state index contributed by atoms with van der Waals surface area (Å²) in [6.07, 6.45) is 0.0692. The SMILES string of the molecule is COC(=O)c1csc(NC(=O)C(Cc2ccccc2)N2C(=O)NC(c3ccc(OC)c(OC)c3)C2=O)n1. The average Bonchev–Trinajstić information content (AvgIpc) is 3.50. The largest absolute Gasteiger partial charge is 0.493 e. The Kier molecular flexibility index (Phi) is 7.68. The lowest BCUT2D eigenvalue weighted by atomic mass is 10.0. The molecule has 4 amide bonds. The first kappa shape index (κ1) is 25.6. The highest BCUT2D eigenvalue weighted by Crippen LogP contribution is 2.33. The Morgan fingerprint density at radius 3 is 2.49 bits per heavy atom. The van der Waals surface area contributed by atoms with E-state index in [1.807, 2.05) is 6.07 Å². The molecular formula is C25H24N4O7S. The molecule has 1 saturated heterocycles. The molecule has 4 rings (SSSR count). The smallest absolute Gasteiger partial charge is 0.357 e. The van der Waals surface area contributed by atoms with Gasteiger partial charge in [-0.2, -0.15) is 0 Å². The molecule has 1 aliphatic heterocycles. The summed E-state index contributed by atoms with van der Waals surface area (Å²) in [7, 11) is 4.18. The Balaban J connectivity index is 1.63. The predicted molar refractivity (Wildman–Crippen MR) is 134 cm³/mol. The molecule has 12 heteroatoms. The number of ether oxygens (including phenoxy) is 3. The number of benzene rings is 2. The van der Waals surface area contributed by atoms with E-state index >= 15 is 0 Å². The van der Waals surface area contributed by atoms with Crippen molar-refractivity contribution in [1.29, 1.82) is 0 Å². The molecule has 3 aromatic rings. The van der Waals surface area contributed by atoms with Gasteiger partial charge in [-0.05, 0) is 23.3 Å². The first-order chi connectivity index (χ1) is 17.9. The van der Waals surface area contributed by atoms with E-state index in [0.29, 0.717) is 17.1 Å². The Morgan fingerprint density at radius 2 is 1.81 bits per heavy atom. The van der Waals surface area contributed by atoms with Crippen molar-refractivity contribution in [3.63, 3.8) is 0 Å². The van der Waals surface area contributed by atoms with Gasteiger partial charge >= 0.3 is 12.0 Å². The third-order valence-corrected chi connectivity index (χ3v) is 6.48. The fourth-order valence-electron chi connectivity index (χ4n) is 3.90. The first-order valence-corrected chi connectivity index (χ1v) is 12.0. The monoisotopic (exact) mass is 524 g/mol. The Labute approximate surface area is 216 Å². The number of carbonyl (C=O) groups is 4. The maximum absolute atomic E-state index is 13.5. The Morgan fingerprint density at radius 1 is 1.08 bits per heavy atom. The number of esters is 1. The molecule has 0 spiro atoms. The van der Waals surface area contributed by atoms with E-state index in [0.717, 1.165) is 21.8 Å². The summed E-state index contributed by atoms with van der Waals surface area (Å²) in [6, 6.07) is 11.0. The maximum Gasteiger partial charge on any atom is 0.357 e. The number of imide groups is 1. The van der Waals surface area contributed by atoms with Crippen molar-refractivity contribution in [2.75, 3.05) is 26.6 Å². The second-order valence-corrected chi connectivity index (χ2v) is 8.79. The third kappa shape index (κ3) is 5.38. The van der Waals surface area contributed by atoms with Crippen LogP contribution in [0, 0.1) is 0 Å². The van der Waals surface area contributed by atoms with E-state index in [9.17, 15) is 19.2 Å². The van der Waals surface area contributed by atoms with Crippen LogP contribution in [0.15, 0.2) is 53.9 Å². The zero-order chi connectivity index (χ0) is 26.5. The normalized spacial score (nSPS) is 15.6. The second kappa shape index (κ2) is 11.1. The van der Waals surface area contributed by atoms with Gasteiger partial charge in [-0.25, -0.2) is 19.5 Å². The molecule has 2 N–H and O–H groups in total. The van der Waals surface area contributed by atoms with Gasteiger partial charge in [0.25, 0.3) is 5.91 Å². The topological polar surface area (TPSA) is 136 Å². The van der Waals surface area contributed by atoms with Gasteiger partial charge in [-0.3, -0.25) is 9.59 Å². The number of nitrogens with one attached hydrogen (secondary N) is 2. The van der Waals surface area contributed by atoms with Gasteiger partial charge in [0.15, 0.2) is 22.3 Å². The van der Waals surface area contributed by atoms with E-state index in [1.54, 1.807) is 42.5 Å². The summed E-state index contributed by atoms with van der Waals surface area (Å²) >= 11 is 1.02. The van der Waals surface area contributed by atoms with E-state index in [4.69, 9.17) is 9.47 Å². The molecule has 1 aromatic heterocycles. The molecule has 11 nitrogen and oxygen atoms in total. The van der Waals surface area contributed by atoms with Crippen molar-refractivity contribution >= 4 is 40.3 Å². The first-order valence-electron chi connectivity index (χ1n) is 11.1. The molecular weight excluding hydrogens is 500 g/mol. The van der Waals surface area contributed by atoms with Crippen LogP contribution in [-0.2, 0) is 20.7 Å². The van der Waals surface area contributed by atoms with Crippen LogP contribution >= 0.6 is 11.3 Å². The molecule has 1 aliphatic rings. The molecule has 2 aromatic carbocycles. The van der Waals surface area contributed by atoms with Gasteiger partial charge < -0.3 is 24.8 Å². The van der Waals surface area contributed by atoms with Gasteiger partial charge in [0.05, 0.1) is 21.3 Å². The number of aromatic nitrogens is 1. The number of rotatable bonds is 9. The molecule has 0 saturated carbocycles. The molecule has 0 bridgehead atoms. The molecule has 192 valence electrons. The van der Waals surface area contributed by atoms with Crippen LogP contribution in [-0.4, -0.2) is 61.1 Å². The summed E-state index contributed by atoms with van der Waals surface area (Å²) in [5.74, 6) is -1.02. The Hall–Kier alpha value is -4.45. The number of urea groups is 1. The molecule has 2 atom stereocenters. The van der Waals surface area contributed by atoms with E-state index in [2.05, 4.69) is 20.4 Å². The van der Waals surface area contributed by atoms with Gasteiger partial charge in [-0.1, -0.05) is 36.4 Å². The average molecular weight is 525 g/mol. The number of carbonyl (C=O) groups excluding carboxylic acids is 4. The van der Waals surface area contributed by atoms with Crippen molar-refractivity contribution in [1.82, 2.24) is 15.2 Å². The maximum atomic E-state index is 13.5. The number of nitrogens with zero attached hydrogens (tertiary/aromatic N) is 2. The fraction of sp³-hybridized carbons (Fsp3) is 0.240. The van der Waals surface area contributed by atoms with Crippen LogP contribution in [0.3, 0.4) is 0 Å². The van der Waals surface area contributed by atoms with Gasteiger partial charge in [0.2, 0.25) is 5.91 Å². The second-order valence-electron chi connectivity index (χ2n) is 7.93. The zero-order valence-electron chi connectivity index (χ0n) is 20.2. The standard InChI is InChI=1S/C25H24N4O7S/c1-34-18-10-9-15(12-19(18)35-2)20-22(31)29(25(33)27-20)17(11-14-7-5-4-6-8-14)21(30)28-24-26-16(13-37-24)23(32)36-3/h4-10,12-13,17,20H,11H2,1-3H3,(H,27,33)(H,26,28,30). The predicted octanol–water partition coefficient (Wildman–Crippen LogP) is 2.79. The van der Waals surface area contributed by atoms with Crippen LogP contribution in [0.5, 0.6) is 11.5 Å². The summed E-state index contributed by atoms with van der Waals surface area (Å²) in [5, 5.41) is 6.85. The summed E-state index contributed by atoms with van der Waals surface area (Å²) < 4.78 is 15.2. The number of hydrogen-bond donors (Lipinski definition) is 2. The van der Waals surface area contributed by atoms with Crippen molar-refractivity contribution in [2.45, 2.75) is 18.5 Å². The highest BCUT2D eigenvalue weighted by Gasteiger charge is 2.45. The highest BCUT2D eigenvalue weighted by molar-refractivity contribution is 7.14.